The Bertz CT molecular complexity index is 363. The molecule has 0 saturated carbocycles. The van der Waals surface area contributed by atoms with Crippen LogP contribution >= 0.6 is 0 Å². The van der Waals surface area contributed by atoms with Crippen LogP contribution in [0.1, 0.15) is 31.9 Å². The molecule has 94 valence electrons. The first-order chi connectivity index (χ1) is 8.24. The first-order valence-corrected chi connectivity index (χ1v) is 6.48. The lowest BCUT2D eigenvalue weighted by Gasteiger charge is -2.42. The number of para-hydroxylation sites is 1. The molecule has 2 rings (SSSR count). The largest absolute Gasteiger partial charge is 0.508 e. The third kappa shape index (κ3) is 2.61. The molecule has 1 saturated heterocycles. The SMILES string of the molecule is CCCN(C1CNC1)C(C)c1ccccc1O. The molecule has 3 heteroatoms. The van der Waals surface area contributed by atoms with Crippen molar-refractivity contribution in [1.82, 2.24) is 10.2 Å². The molecular weight excluding hydrogens is 212 g/mol. The first-order valence-electron chi connectivity index (χ1n) is 6.48. The van der Waals surface area contributed by atoms with E-state index in [1.165, 1.54) is 0 Å². The number of nitrogens with zero attached hydrogens (tertiary/aromatic N) is 1. The van der Waals surface area contributed by atoms with Crippen LogP contribution < -0.4 is 5.32 Å². The van der Waals surface area contributed by atoms with Crippen molar-refractivity contribution in [3.8, 4) is 5.75 Å². The van der Waals surface area contributed by atoms with Crippen molar-refractivity contribution in [3.05, 3.63) is 29.8 Å². The molecule has 0 aromatic heterocycles. The normalized spacial score (nSPS) is 18.1. The van der Waals surface area contributed by atoms with E-state index in [0.29, 0.717) is 11.8 Å². The molecule has 1 atom stereocenters. The van der Waals surface area contributed by atoms with Crippen molar-refractivity contribution in [2.75, 3.05) is 19.6 Å². The van der Waals surface area contributed by atoms with E-state index in [-0.39, 0.29) is 6.04 Å². The number of benzene rings is 1. The number of aromatic hydroxyl groups is 1. The van der Waals surface area contributed by atoms with Crippen LogP contribution in [-0.2, 0) is 0 Å². The third-order valence-electron chi connectivity index (χ3n) is 3.60. The number of phenolic OH excluding ortho intramolecular Hbond substituents is 1. The van der Waals surface area contributed by atoms with E-state index in [9.17, 15) is 5.11 Å². The van der Waals surface area contributed by atoms with Crippen molar-refractivity contribution in [2.45, 2.75) is 32.4 Å². The maximum atomic E-state index is 9.93. The summed E-state index contributed by atoms with van der Waals surface area (Å²) in [5.41, 5.74) is 1.04. The smallest absolute Gasteiger partial charge is 0.120 e. The minimum atomic E-state index is 0.281. The van der Waals surface area contributed by atoms with Crippen LogP contribution in [-0.4, -0.2) is 35.7 Å². The Morgan fingerprint density at radius 1 is 1.41 bits per heavy atom. The van der Waals surface area contributed by atoms with Crippen LogP contribution in [0.25, 0.3) is 0 Å². The van der Waals surface area contributed by atoms with Gasteiger partial charge in [0, 0.05) is 30.7 Å². The van der Waals surface area contributed by atoms with Crippen molar-refractivity contribution >= 4 is 0 Å². The van der Waals surface area contributed by atoms with Crippen molar-refractivity contribution in [1.29, 1.82) is 0 Å². The summed E-state index contributed by atoms with van der Waals surface area (Å²) in [6.45, 7) is 7.61. The molecule has 3 nitrogen and oxygen atoms in total. The molecule has 1 aromatic rings. The average molecular weight is 234 g/mol. The predicted octanol–water partition coefficient (Wildman–Crippen LogP) is 2.14. The zero-order valence-corrected chi connectivity index (χ0v) is 10.7. The van der Waals surface area contributed by atoms with E-state index in [1.807, 2.05) is 18.2 Å². The van der Waals surface area contributed by atoms with Gasteiger partial charge in [-0.2, -0.15) is 0 Å². The number of rotatable bonds is 5. The lowest BCUT2D eigenvalue weighted by atomic mass is 10.0. The Labute approximate surface area is 103 Å². The van der Waals surface area contributed by atoms with Gasteiger partial charge in [0.25, 0.3) is 0 Å². The summed E-state index contributed by atoms with van der Waals surface area (Å²) in [6.07, 6.45) is 1.15. The molecule has 1 aromatic carbocycles. The van der Waals surface area contributed by atoms with Crippen LogP contribution in [0.3, 0.4) is 0 Å². The topological polar surface area (TPSA) is 35.5 Å². The van der Waals surface area contributed by atoms with Crippen molar-refractivity contribution in [3.63, 3.8) is 0 Å². The van der Waals surface area contributed by atoms with E-state index in [0.717, 1.165) is 31.6 Å². The Kier molecular flexibility index (Phi) is 4.02. The maximum absolute atomic E-state index is 9.93. The summed E-state index contributed by atoms with van der Waals surface area (Å²) in [4.78, 5) is 2.49. The third-order valence-corrected chi connectivity index (χ3v) is 3.60. The van der Waals surface area contributed by atoms with E-state index in [1.54, 1.807) is 6.07 Å². The molecule has 0 bridgehead atoms. The lowest BCUT2D eigenvalue weighted by molar-refractivity contribution is 0.101. The highest BCUT2D eigenvalue weighted by Crippen LogP contribution is 2.30. The number of nitrogens with one attached hydrogen (secondary N) is 1. The van der Waals surface area contributed by atoms with Gasteiger partial charge in [0.1, 0.15) is 5.75 Å². The highest BCUT2D eigenvalue weighted by molar-refractivity contribution is 5.34. The lowest BCUT2D eigenvalue weighted by Crippen LogP contribution is -2.57. The molecule has 0 amide bonds. The molecule has 2 N–H and O–H groups in total. The van der Waals surface area contributed by atoms with Gasteiger partial charge in [-0.15, -0.1) is 0 Å². The summed E-state index contributed by atoms with van der Waals surface area (Å²) in [5.74, 6) is 0.411. The molecule has 0 aliphatic carbocycles. The molecule has 1 fully saturated rings. The van der Waals surface area contributed by atoms with Gasteiger partial charge in [-0.1, -0.05) is 25.1 Å². The number of hydrogen-bond donors (Lipinski definition) is 2. The van der Waals surface area contributed by atoms with Gasteiger partial charge in [0.2, 0.25) is 0 Å². The van der Waals surface area contributed by atoms with Gasteiger partial charge in [0.05, 0.1) is 0 Å². The second-order valence-corrected chi connectivity index (χ2v) is 4.78. The molecule has 1 aliphatic rings. The highest BCUT2D eigenvalue weighted by atomic mass is 16.3. The molecule has 0 radical (unpaired) electrons. The summed E-state index contributed by atoms with van der Waals surface area (Å²) in [6, 6.07) is 8.56. The minimum Gasteiger partial charge on any atom is -0.508 e. The van der Waals surface area contributed by atoms with Crippen LogP contribution in [0.2, 0.25) is 0 Å². The molecule has 1 aliphatic heterocycles. The summed E-state index contributed by atoms with van der Waals surface area (Å²) in [5, 5.41) is 13.2. The Morgan fingerprint density at radius 2 is 2.12 bits per heavy atom. The molecule has 0 spiro atoms. The standard InChI is InChI=1S/C14H22N2O/c1-3-8-16(12-9-15-10-12)11(2)13-6-4-5-7-14(13)17/h4-7,11-12,15,17H,3,8-10H2,1-2H3. The average Bonchev–Trinajstić information content (AvgIpc) is 2.26. The van der Waals surface area contributed by atoms with Crippen LogP contribution in [0, 0.1) is 0 Å². The van der Waals surface area contributed by atoms with Gasteiger partial charge >= 0.3 is 0 Å². The fourth-order valence-corrected chi connectivity index (χ4v) is 2.48. The summed E-state index contributed by atoms with van der Waals surface area (Å²) < 4.78 is 0. The van der Waals surface area contributed by atoms with E-state index in [4.69, 9.17) is 0 Å². The Balaban J connectivity index is 2.15. The van der Waals surface area contributed by atoms with E-state index >= 15 is 0 Å². The molecule has 17 heavy (non-hydrogen) atoms. The van der Waals surface area contributed by atoms with E-state index in [2.05, 4.69) is 24.1 Å². The van der Waals surface area contributed by atoms with Crippen molar-refractivity contribution in [2.24, 2.45) is 0 Å². The fraction of sp³-hybridized carbons (Fsp3) is 0.571. The maximum Gasteiger partial charge on any atom is 0.120 e. The fourth-order valence-electron chi connectivity index (χ4n) is 2.48. The molecular formula is C14H22N2O. The zero-order chi connectivity index (χ0) is 12.3. The van der Waals surface area contributed by atoms with Gasteiger partial charge < -0.3 is 10.4 Å². The number of phenols is 1. The monoisotopic (exact) mass is 234 g/mol. The minimum absolute atomic E-state index is 0.281. The van der Waals surface area contributed by atoms with Gasteiger partial charge in [-0.3, -0.25) is 4.90 Å². The van der Waals surface area contributed by atoms with Gasteiger partial charge in [-0.05, 0) is 26.0 Å². The highest BCUT2D eigenvalue weighted by Gasteiger charge is 2.29. The molecule has 1 heterocycles. The molecule has 1 unspecified atom stereocenters. The van der Waals surface area contributed by atoms with Crippen LogP contribution in [0.5, 0.6) is 5.75 Å². The quantitative estimate of drug-likeness (QED) is 0.819. The van der Waals surface area contributed by atoms with E-state index < -0.39 is 0 Å². The van der Waals surface area contributed by atoms with Gasteiger partial charge in [0.15, 0.2) is 0 Å². The summed E-state index contributed by atoms with van der Waals surface area (Å²) >= 11 is 0. The van der Waals surface area contributed by atoms with Crippen LogP contribution in [0.15, 0.2) is 24.3 Å². The van der Waals surface area contributed by atoms with Gasteiger partial charge in [-0.25, -0.2) is 0 Å². The first kappa shape index (κ1) is 12.4. The van der Waals surface area contributed by atoms with Crippen LogP contribution in [0.4, 0.5) is 0 Å². The summed E-state index contributed by atoms with van der Waals surface area (Å²) in [7, 11) is 0. The predicted molar refractivity (Wildman–Crippen MR) is 70.2 cm³/mol. The zero-order valence-electron chi connectivity index (χ0n) is 10.7. The second kappa shape index (κ2) is 5.52. The Morgan fingerprint density at radius 3 is 2.65 bits per heavy atom. The second-order valence-electron chi connectivity index (χ2n) is 4.78. The Hall–Kier alpha value is -1.06. The number of hydrogen-bond acceptors (Lipinski definition) is 3. The van der Waals surface area contributed by atoms with Crippen molar-refractivity contribution < 1.29 is 5.11 Å².